The predicted octanol–water partition coefficient (Wildman–Crippen LogP) is 7.17. The summed E-state index contributed by atoms with van der Waals surface area (Å²) in [6, 6.07) is 9.41. The Morgan fingerprint density at radius 3 is 2.39 bits per heavy atom. The van der Waals surface area contributed by atoms with E-state index in [9.17, 15) is 30.7 Å². The van der Waals surface area contributed by atoms with Crippen LogP contribution in [0, 0.1) is 5.82 Å². The normalized spacial score (nSPS) is 12.3. The van der Waals surface area contributed by atoms with Gasteiger partial charge in [0.2, 0.25) is 0 Å². The number of fused-ring (bicyclic) bond motifs is 1. The Hall–Kier alpha value is -3.28. The topological polar surface area (TPSA) is 53.6 Å². The number of rotatable bonds is 5. The van der Waals surface area contributed by atoms with E-state index in [2.05, 4.69) is 20.3 Å². The Labute approximate surface area is 186 Å². The summed E-state index contributed by atoms with van der Waals surface area (Å²) in [6.07, 6.45) is -8.10. The van der Waals surface area contributed by atoms with Gasteiger partial charge in [0.15, 0.2) is 0 Å². The van der Waals surface area contributed by atoms with Gasteiger partial charge in [0.05, 0.1) is 28.0 Å². The Morgan fingerprint density at radius 2 is 1.70 bits per heavy atom. The van der Waals surface area contributed by atoms with Crippen LogP contribution in [-0.4, -0.2) is 15.0 Å². The summed E-state index contributed by atoms with van der Waals surface area (Å²) in [7, 11) is 0. The van der Waals surface area contributed by atoms with Crippen LogP contribution in [0.5, 0.6) is 0 Å². The van der Waals surface area contributed by atoms with Crippen LogP contribution in [0.3, 0.4) is 0 Å². The van der Waals surface area contributed by atoms with Gasteiger partial charge in [0.25, 0.3) is 0 Å². The number of aromatic nitrogens is 3. The van der Waals surface area contributed by atoms with Crippen molar-refractivity contribution in [2.24, 2.45) is 0 Å². The third kappa shape index (κ3) is 5.38. The van der Waals surface area contributed by atoms with Gasteiger partial charge < -0.3 is 10.3 Å². The molecule has 4 rings (SSSR count). The largest absolute Gasteiger partial charge is 0.433 e. The number of H-pyrrole nitrogens is 1. The van der Waals surface area contributed by atoms with Gasteiger partial charge >= 0.3 is 12.4 Å². The number of halogens is 7. The smallest absolute Gasteiger partial charge is 0.353 e. The van der Waals surface area contributed by atoms with E-state index in [-0.39, 0.29) is 11.4 Å². The van der Waals surface area contributed by atoms with Gasteiger partial charge in [-0.25, -0.2) is 9.37 Å². The summed E-state index contributed by atoms with van der Waals surface area (Å²) in [6.45, 7) is 0. The molecule has 0 saturated carbocycles. The highest BCUT2D eigenvalue weighted by Crippen LogP contribution is 2.33. The maximum absolute atomic E-state index is 14.1. The first-order chi connectivity index (χ1) is 15.5. The second kappa shape index (κ2) is 8.58. The molecule has 0 aliphatic carbocycles. The number of thioether (sulfide) groups is 1. The monoisotopic (exact) mass is 486 g/mol. The van der Waals surface area contributed by atoms with E-state index in [1.54, 1.807) is 18.2 Å². The molecule has 0 aliphatic rings. The Balaban J connectivity index is 1.48. The second-order valence-electron chi connectivity index (χ2n) is 6.90. The Bertz CT molecular complexity index is 1300. The van der Waals surface area contributed by atoms with Gasteiger partial charge in [-0.1, -0.05) is 0 Å². The number of hydrogen-bond acceptors (Lipinski definition) is 4. The van der Waals surface area contributed by atoms with Crippen LogP contribution >= 0.6 is 11.8 Å². The highest BCUT2D eigenvalue weighted by molar-refractivity contribution is 7.98. The number of anilines is 2. The fourth-order valence-corrected chi connectivity index (χ4v) is 3.75. The minimum absolute atomic E-state index is 0.133. The molecular formula is C21H13F7N4S. The molecule has 0 saturated heterocycles. The molecule has 0 amide bonds. The maximum atomic E-state index is 14.1. The molecule has 2 aromatic carbocycles. The minimum Gasteiger partial charge on any atom is -0.353 e. The summed E-state index contributed by atoms with van der Waals surface area (Å²) >= 11 is 1.14. The summed E-state index contributed by atoms with van der Waals surface area (Å²) in [5.74, 6) is -0.301. The van der Waals surface area contributed by atoms with Gasteiger partial charge in [0, 0.05) is 16.8 Å². The van der Waals surface area contributed by atoms with Crippen LogP contribution in [0.4, 0.5) is 42.1 Å². The molecule has 0 spiro atoms. The summed E-state index contributed by atoms with van der Waals surface area (Å²) in [5, 5.41) is 2.72. The SMILES string of the molecule is Fc1cc(C(F)(F)F)ccc1Nc1ccc2[nH]c(CSc3ccnc(C(F)(F)F)c3)nc2c1. The van der Waals surface area contributed by atoms with E-state index in [0.29, 0.717) is 33.5 Å². The second-order valence-corrected chi connectivity index (χ2v) is 7.94. The minimum atomic E-state index is -4.65. The Morgan fingerprint density at radius 1 is 0.909 bits per heavy atom. The number of benzene rings is 2. The highest BCUT2D eigenvalue weighted by Gasteiger charge is 2.32. The zero-order chi connectivity index (χ0) is 23.8. The van der Waals surface area contributed by atoms with Crippen LogP contribution in [-0.2, 0) is 18.1 Å². The molecule has 12 heteroatoms. The molecule has 2 aromatic heterocycles. The average molecular weight is 486 g/mol. The van der Waals surface area contributed by atoms with Gasteiger partial charge in [-0.3, -0.25) is 4.98 Å². The van der Waals surface area contributed by atoms with Gasteiger partial charge in [-0.05, 0) is 48.5 Å². The maximum Gasteiger partial charge on any atom is 0.433 e. The van der Waals surface area contributed by atoms with Crippen LogP contribution < -0.4 is 5.32 Å². The van der Waals surface area contributed by atoms with Crippen molar-refractivity contribution >= 4 is 34.2 Å². The average Bonchev–Trinajstić information content (AvgIpc) is 3.15. The third-order valence-electron chi connectivity index (χ3n) is 4.50. The summed E-state index contributed by atoms with van der Waals surface area (Å²) in [4.78, 5) is 11.1. The summed E-state index contributed by atoms with van der Waals surface area (Å²) in [5.41, 5.74) is -0.679. The van der Waals surface area contributed by atoms with E-state index in [4.69, 9.17) is 0 Å². The van der Waals surface area contributed by atoms with Crippen LogP contribution in [0.2, 0.25) is 0 Å². The molecule has 4 nitrogen and oxygen atoms in total. The number of nitrogens with one attached hydrogen (secondary N) is 2. The number of pyridine rings is 1. The van der Waals surface area contributed by atoms with Crippen molar-refractivity contribution in [2.45, 2.75) is 23.0 Å². The van der Waals surface area contributed by atoms with Crippen molar-refractivity contribution in [3.63, 3.8) is 0 Å². The molecule has 2 N–H and O–H groups in total. The molecule has 0 aliphatic heterocycles. The van der Waals surface area contributed by atoms with Crippen molar-refractivity contribution < 1.29 is 30.7 Å². The number of aromatic amines is 1. The van der Waals surface area contributed by atoms with Gasteiger partial charge in [-0.2, -0.15) is 26.3 Å². The molecule has 0 unspecified atom stereocenters. The molecule has 2 heterocycles. The third-order valence-corrected chi connectivity index (χ3v) is 5.51. The predicted molar refractivity (Wildman–Crippen MR) is 110 cm³/mol. The molecule has 0 radical (unpaired) electrons. The van der Waals surface area contributed by atoms with E-state index in [1.807, 2.05) is 0 Å². The first-order valence-corrected chi connectivity index (χ1v) is 10.3. The summed E-state index contributed by atoms with van der Waals surface area (Å²) < 4.78 is 90.5. The lowest BCUT2D eigenvalue weighted by molar-refractivity contribution is -0.141. The highest BCUT2D eigenvalue weighted by atomic mass is 32.2. The van der Waals surface area contributed by atoms with E-state index < -0.39 is 29.4 Å². The number of alkyl halides is 6. The fourth-order valence-electron chi connectivity index (χ4n) is 2.96. The molecule has 172 valence electrons. The number of hydrogen-bond donors (Lipinski definition) is 2. The van der Waals surface area contributed by atoms with Crippen molar-refractivity contribution in [3.05, 3.63) is 77.6 Å². The Kier molecular flexibility index (Phi) is 5.95. The van der Waals surface area contributed by atoms with Crippen molar-refractivity contribution in [1.29, 1.82) is 0 Å². The van der Waals surface area contributed by atoms with Crippen molar-refractivity contribution in [1.82, 2.24) is 15.0 Å². The zero-order valence-electron chi connectivity index (χ0n) is 16.4. The molecule has 0 atom stereocenters. The van der Waals surface area contributed by atoms with E-state index in [0.717, 1.165) is 36.2 Å². The lowest BCUT2D eigenvalue weighted by Gasteiger charge is -2.11. The van der Waals surface area contributed by atoms with E-state index >= 15 is 0 Å². The van der Waals surface area contributed by atoms with Crippen molar-refractivity contribution in [3.8, 4) is 0 Å². The standard InChI is InChI=1S/C21H13F7N4S/c22-14-7-11(20(23,24)25)1-3-15(14)30-12-2-4-16-17(8-12)32-19(31-16)10-33-13-5-6-29-18(9-13)21(26,27)28/h1-9,30H,10H2,(H,31,32). The van der Waals surface area contributed by atoms with Gasteiger partial charge in [-0.15, -0.1) is 11.8 Å². The zero-order valence-corrected chi connectivity index (χ0v) is 17.2. The molecule has 33 heavy (non-hydrogen) atoms. The first-order valence-electron chi connectivity index (χ1n) is 9.27. The molecule has 0 fully saturated rings. The van der Waals surface area contributed by atoms with E-state index in [1.165, 1.54) is 6.07 Å². The lowest BCUT2D eigenvalue weighted by atomic mass is 10.2. The van der Waals surface area contributed by atoms with Crippen molar-refractivity contribution in [2.75, 3.05) is 5.32 Å². The first kappa shape index (κ1) is 22.9. The van der Waals surface area contributed by atoms with Crippen LogP contribution in [0.25, 0.3) is 11.0 Å². The lowest BCUT2D eigenvalue weighted by Crippen LogP contribution is -2.07. The fraction of sp³-hybridized carbons (Fsp3) is 0.143. The molecule has 4 aromatic rings. The quantitative estimate of drug-likeness (QED) is 0.232. The number of nitrogens with zero attached hydrogens (tertiary/aromatic N) is 2. The van der Waals surface area contributed by atoms with Gasteiger partial charge in [0.1, 0.15) is 17.3 Å². The number of imidazole rings is 1. The van der Waals surface area contributed by atoms with Crippen LogP contribution in [0.15, 0.2) is 59.6 Å². The van der Waals surface area contributed by atoms with Crippen LogP contribution in [0.1, 0.15) is 17.1 Å². The molecule has 0 bridgehead atoms. The molecular weight excluding hydrogens is 473 g/mol.